The zero-order valence-corrected chi connectivity index (χ0v) is 8.35. The molecule has 14 heavy (non-hydrogen) atoms. The Morgan fingerprint density at radius 2 is 1.79 bits per heavy atom. The van der Waals surface area contributed by atoms with Crippen molar-refractivity contribution in [3.63, 3.8) is 0 Å². The normalized spacial score (nSPS) is 10.4. The van der Waals surface area contributed by atoms with Gasteiger partial charge in [-0.2, -0.15) is 0 Å². The van der Waals surface area contributed by atoms with Gasteiger partial charge in [0.15, 0.2) is 0 Å². The summed E-state index contributed by atoms with van der Waals surface area (Å²) in [7, 11) is 0. The molecule has 70 valence electrons. The largest absolute Gasteiger partial charge is 0.120 e. The molecular formula is C14H14. The van der Waals surface area contributed by atoms with Crippen molar-refractivity contribution in [3.05, 3.63) is 72.0 Å². The van der Waals surface area contributed by atoms with Crippen LogP contribution in [0.15, 0.2) is 66.4 Å². The topological polar surface area (TPSA) is 0 Å². The van der Waals surface area contributed by atoms with Crippen molar-refractivity contribution < 1.29 is 0 Å². The van der Waals surface area contributed by atoms with Crippen LogP contribution in [0.3, 0.4) is 0 Å². The van der Waals surface area contributed by atoms with E-state index in [1.54, 1.807) is 0 Å². The molecule has 0 spiro atoms. The molecule has 0 fully saturated rings. The summed E-state index contributed by atoms with van der Waals surface area (Å²) in [6, 6.07) is 10.1. The van der Waals surface area contributed by atoms with E-state index in [-0.39, 0.29) is 0 Å². The van der Waals surface area contributed by atoms with Crippen LogP contribution in [0, 0.1) is 0 Å². The van der Waals surface area contributed by atoms with Crippen LogP contribution in [0.1, 0.15) is 12.5 Å². The zero-order chi connectivity index (χ0) is 10.1. The van der Waals surface area contributed by atoms with Crippen molar-refractivity contribution in [2.24, 2.45) is 0 Å². The van der Waals surface area contributed by atoms with Crippen LogP contribution in [-0.4, -0.2) is 0 Å². The van der Waals surface area contributed by atoms with E-state index in [1.165, 1.54) is 5.56 Å². The Balaban J connectivity index is 2.56. The minimum Gasteiger partial charge on any atom is -0.120 e. The summed E-state index contributed by atoms with van der Waals surface area (Å²) in [6.07, 6.45) is 11.8. The van der Waals surface area contributed by atoms with Gasteiger partial charge in [-0.3, -0.25) is 0 Å². The lowest BCUT2D eigenvalue weighted by atomic mass is 10.2. The predicted octanol–water partition coefficient (Wildman–Crippen LogP) is 3.99. The zero-order valence-electron chi connectivity index (χ0n) is 8.35. The maximum Gasteiger partial charge on any atom is -0.0127 e. The average molecular weight is 182 g/mol. The van der Waals surface area contributed by atoms with E-state index in [1.807, 2.05) is 61.6 Å². The van der Waals surface area contributed by atoms with Gasteiger partial charge >= 0.3 is 0 Å². The summed E-state index contributed by atoms with van der Waals surface area (Å²) in [5.41, 5.74) is 4.26. The first-order valence-electron chi connectivity index (χ1n) is 4.69. The van der Waals surface area contributed by atoms with Crippen molar-refractivity contribution in [1.82, 2.24) is 0 Å². The Kier molecular flexibility index (Phi) is 4.93. The van der Waals surface area contributed by atoms with Crippen molar-refractivity contribution in [2.75, 3.05) is 0 Å². The molecule has 1 aromatic rings. The van der Waals surface area contributed by atoms with E-state index in [0.717, 1.165) is 0 Å². The Morgan fingerprint density at radius 1 is 1.00 bits per heavy atom. The molecule has 0 saturated heterocycles. The first-order chi connectivity index (χ1) is 6.93. The maximum atomic E-state index is 3.09. The van der Waals surface area contributed by atoms with Crippen LogP contribution in [0.4, 0.5) is 0 Å². The molecule has 0 aliphatic rings. The predicted molar refractivity (Wildman–Crippen MR) is 62.9 cm³/mol. The highest BCUT2D eigenvalue weighted by Gasteiger charge is 1.78. The van der Waals surface area contributed by atoms with E-state index in [9.17, 15) is 0 Å². The fourth-order valence-corrected chi connectivity index (χ4v) is 0.980. The number of hydrogen-bond acceptors (Lipinski definition) is 0. The van der Waals surface area contributed by atoms with E-state index in [4.69, 9.17) is 0 Å². The van der Waals surface area contributed by atoms with Crippen LogP contribution in [0.5, 0.6) is 0 Å². The summed E-state index contributed by atoms with van der Waals surface area (Å²) >= 11 is 0. The first kappa shape index (κ1) is 10.3. The van der Waals surface area contributed by atoms with Gasteiger partial charge in [-0.05, 0) is 24.6 Å². The molecule has 0 aliphatic carbocycles. The molecular weight excluding hydrogens is 168 g/mol. The van der Waals surface area contributed by atoms with Crippen molar-refractivity contribution in [1.29, 1.82) is 0 Å². The Labute approximate surface area is 85.6 Å². The monoisotopic (exact) mass is 182 g/mol. The van der Waals surface area contributed by atoms with Gasteiger partial charge in [-0.15, -0.1) is 5.73 Å². The number of allylic oxidation sites excluding steroid dienone is 5. The maximum absolute atomic E-state index is 3.09. The molecule has 0 aromatic heterocycles. The Morgan fingerprint density at radius 3 is 2.50 bits per heavy atom. The molecule has 0 amide bonds. The highest BCUT2D eigenvalue weighted by atomic mass is 13.8. The molecule has 0 atom stereocenters. The molecule has 0 nitrogen and oxygen atoms in total. The molecule has 0 heteroatoms. The van der Waals surface area contributed by atoms with Crippen molar-refractivity contribution in [2.45, 2.75) is 6.92 Å². The summed E-state index contributed by atoms with van der Waals surface area (Å²) in [5, 5.41) is 0. The van der Waals surface area contributed by atoms with Gasteiger partial charge in [-0.1, -0.05) is 54.6 Å². The van der Waals surface area contributed by atoms with Crippen LogP contribution in [-0.2, 0) is 0 Å². The van der Waals surface area contributed by atoms with Crippen LogP contribution in [0.25, 0.3) is 6.08 Å². The molecule has 0 bridgehead atoms. The second-order valence-corrected chi connectivity index (χ2v) is 2.80. The van der Waals surface area contributed by atoms with E-state index >= 15 is 0 Å². The van der Waals surface area contributed by atoms with Gasteiger partial charge < -0.3 is 0 Å². The van der Waals surface area contributed by atoms with Gasteiger partial charge in [0.1, 0.15) is 0 Å². The molecule has 0 saturated carbocycles. The van der Waals surface area contributed by atoms with Gasteiger partial charge in [0, 0.05) is 0 Å². The van der Waals surface area contributed by atoms with Crippen LogP contribution >= 0.6 is 0 Å². The molecule has 0 heterocycles. The summed E-state index contributed by atoms with van der Waals surface area (Å²) in [5.74, 6) is 0. The smallest absolute Gasteiger partial charge is 0.0127 e. The van der Waals surface area contributed by atoms with Gasteiger partial charge in [0.25, 0.3) is 0 Å². The first-order valence-corrected chi connectivity index (χ1v) is 4.69. The quantitative estimate of drug-likeness (QED) is 0.490. The van der Waals surface area contributed by atoms with E-state index in [2.05, 4.69) is 17.9 Å². The summed E-state index contributed by atoms with van der Waals surface area (Å²) in [4.78, 5) is 0. The van der Waals surface area contributed by atoms with Gasteiger partial charge in [-0.25, -0.2) is 0 Å². The SMILES string of the molecule is CC=CC=CC=C=Cc1ccccc1. The molecule has 0 radical (unpaired) electrons. The third-order valence-corrected chi connectivity index (χ3v) is 1.66. The standard InChI is InChI=1S/C14H14/c1-2-3-4-5-6-8-11-14-12-9-7-10-13-14/h2-7,9-13H,1H3. The molecule has 0 unspecified atom stereocenters. The van der Waals surface area contributed by atoms with Crippen molar-refractivity contribution in [3.8, 4) is 0 Å². The number of benzene rings is 1. The molecule has 0 N–H and O–H groups in total. The summed E-state index contributed by atoms with van der Waals surface area (Å²) < 4.78 is 0. The fraction of sp³-hybridized carbons (Fsp3) is 0.0714. The lowest BCUT2D eigenvalue weighted by Crippen LogP contribution is -1.65. The highest BCUT2D eigenvalue weighted by molar-refractivity contribution is 5.48. The summed E-state index contributed by atoms with van der Waals surface area (Å²) in [6.45, 7) is 1.99. The number of hydrogen-bond donors (Lipinski definition) is 0. The minimum atomic E-state index is 1.17. The third kappa shape index (κ3) is 4.30. The van der Waals surface area contributed by atoms with Gasteiger partial charge in [0.2, 0.25) is 0 Å². The molecule has 1 aromatic carbocycles. The Hall–Kier alpha value is -1.78. The second kappa shape index (κ2) is 6.71. The van der Waals surface area contributed by atoms with Gasteiger partial charge in [0.05, 0.1) is 0 Å². The third-order valence-electron chi connectivity index (χ3n) is 1.66. The molecule has 1 rings (SSSR count). The number of rotatable bonds is 3. The minimum absolute atomic E-state index is 1.17. The second-order valence-electron chi connectivity index (χ2n) is 2.80. The van der Waals surface area contributed by atoms with Crippen molar-refractivity contribution >= 4 is 6.08 Å². The van der Waals surface area contributed by atoms with Crippen LogP contribution in [0.2, 0.25) is 0 Å². The lowest BCUT2D eigenvalue weighted by Gasteiger charge is -1.85. The van der Waals surface area contributed by atoms with E-state index in [0.29, 0.717) is 0 Å². The van der Waals surface area contributed by atoms with E-state index < -0.39 is 0 Å². The lowest BCUT2D eigenvalue weighted by molar-refractivity contribution is 1.66. The fourth-order valence-electron chi connectivity index (χ4n) is 0.980. The highest BCUT2D eigenvalue weighted by Crippen LogP contribution is 1.99. The Bertz CT molecular complexity index is 360. The molecule has 0 aliphatic heterocycles. The average Bonchev–Trinajstić information content (AvgIpc) is 2.25. The van der Waals surface area contributed by atoms with Crippen LogP contribution < -0.4 is 0 Å².